The number of aromatic nitrogens is 4. The van der Waals surface area contributed by atoms with Gasteiger partial charge in [-0.15, -0.1) is 5.10 Å². The van der Waals surface area contributed by atoms with Crippen molar-refractivity contribution in [1.29, 1.82) is 0 Å². The molecular formula is C8H13N5O2S. The van der Waals surface area contributed by atoms with Gasteiger partial charge in [0.2, 0.25) is 11.1 Å². The highest BCUT2D eigenvalue weighted by Gasteiger charge is 2.18. The highest BCUT2D eigenvalue weighted by atomic mass is 32.2. The van der Waals surface area contributed by atoms with E-state index in [0.717, 1.165) is 0 Å². The third-order valence-electron chi connectivity index (χ3n) is 2.33. The normalized spacial score (nSPS) is 16.4. The van der Waals surface area contributed by atoms with Crippen molar-refractivity contribution in [3.63, 3.8) is 0 Å². The van der Waals surface area contributed by atoms with Gasteiger partial charge in [-0.05, 0) is 16.7 Å². The smallest absolute Gasteiger partial charge is 0.244 e. The number of ether oxygens (including phenoxy) is 1. The molecule has 0 N–H and O–H groups in total. The van der Waals surface area contributed by atoms with Crippen LogP contribution in [-0.4, -0.2) is 63.6 Å². The predicted molar refractivity (Wildman–Crippen MR) is 57.0 cm³/mol. The maximum Gasteiger partial charge on any atom is 0.244 e. The molecule has 0 bridgehead atoms. The number of tetrazole rings is 1. The molecule has 1 fully saturated rings. The molecule has 2 heterocycles. The second-order valence-electron chi connectivity index (χ2n) is 3.32. The van der Waals surface area contributed by atoms with E-state index in [4.69, 9.17) is 4.74 Å². The average Bonchev–Trinajstić information content (AvgIpc) is 2.77. The van der Waals surface area contributed by atoms with E-state index in [9.17, 15) is 4.79 Å². The van der Waals surface area contributed by atoms with Crippen molar-refractivity contribution in [2.24, 2.45) is 0 Å². The van der Waals surface area contributed by atoms with Gasteiger partial charge < -0.3 is 9.64 Å². The molecule has 0 aliphatic carbocycles. The topological polar surface area (TPSA) is 73.1 Å². The zero-order valence-corrected chi connectivity index (χ0v) is 9.81. The summed E-state index contributed by atoms with van der Waals surface area (Å²) < 4.78 is 6.70. The van der Waals surface area contributed by atoms with E-state index in [1.54, 1.807) is 4.90 Å². The molecule has 1 aliphatic rings. The van der Waals surface area contributed by atoms with Gasteiger partial charge in [0.25, 0.3) is 0 Å². The summed E-state index contributed by atoms with van der Waals surface area (Å²) >= 11 is 1.42. The molecule has 1 saturated heterocycles. The third kappa shape index (κ3) is 2.50. The van der Waals surface area contributed by atoms with E-state index in [0.29, 0.717) is 31.5 Å². The van der Waals surface area contributed by atoms with Crippen molar-refractivity contribution in [2.75, 3.05) is 32.6 Å². The molecule has 2 rings (SSSR count). The number of carbonyl (C=O) groups excluding carboxylic acids is 1. The molecule has 0 spiro atoms. The van der Waals surface area contributed by atoms with Crippen molar-refractivity contribution in [3.05, 3.63) is 0 Å². The molecule has 0 unspecified atom stereocenters. The fourth-order valence-electron chi connectivity index (χ4n) is 1.48. The van der Waals surface area contributed by atoms with Gasteiger partial charge >= 0.3 is 0 Å². The summed E-state index contributed by atoms with van der Waals surface area (Å²) in [6.07, 6.45) is 1.88. The van der Waals surface area contributed by atoms with Crippen LogP contribution in [0.15, 0.2) is 5.16 Å². The number of hydrogen-bond acceptors (Lipinski definition) is 6. The summed E-state index contributed by atoms with van der Waals surface area (Å²) in [5.41, 5.74) is 0. The quantitative estimate of drug-likeness (QED) is 0.651. The number of hydrogen-bond donors (Lipinski definition) is 0. The number of rotatable bonds is 3. The van der Waals surface area contributed by atoms with Crippen LogP contribution in [0.25, 0.3) is 0 Å². The number of thioether (sulfide) groups is 1. The van der Waals surface area contributed by atoms with Crippen molar-refractivity contribution in [2.45, 2.75) is 11.7 Å². The van der Waals surface area contributed by atoms with Gasteiger partial charge in [0.15, 0.2) is 0 Å². The molecule has 16 heavy (non-hydrogen) atoms. The van der Waals surface area contributed by atoms with Gasteiger partial charge in [0.1, 0.15) is 6.54 Å². The number of amides is 1. The Morgan fingerprint density at radius 2 is 2.25 bits per heavy atom. The lowest BCUT2D eigenvalue weighted by atomic mass is 10.4. The first kappa shape index (κ1) is 11.3. The average molecular weight is 243 g/mol. The van der Waals surface area contributed by atoms with E-state index in [2.05, 4.69) is 15.5 Å². The Balaban J connectivity index is 1.95. The van der Waals surface area contributed by atoms with Gasteiger partial charge in [0.05, 0.1) is 13.2 Å². The maximum atomic E-state index is 11.9. The van der Waals surface area contributed by atoms with Gasteiger partial charge in [-0.2, -0.15) is 0 Å². The molecular weight excluding hydrogens is 230 g/mol. The second kappa shape index (κ2) is 5.26. The molecule has 0 atom stereocenters. The zero-order valence-electron chi connectivity index (χ0n) is 9.00. The molecule has 0 radical (unpaired) electrons. The third-order valence-corrected chi connectivity index (χ3v) is 2.99. The lowest BCUT2D eigenvalue weighted by molar-refractivity contribution is -0.136. The molecule has 7 nitrogen and oxygen atoms in total. The summed E-state index contributed by atoms with van der Waals surface area (Å²) in [4.78, 5) is 13.7. The van der Waals surface area contributed by atoms with Crippen LogP contribution in [0, 0.1) is 0 Å². The van der Waals surface area contributed by atoms with E-state index >= 15 is 0 Å². The lowest BCUT2D eigenvalue weighted by Gasteiger charge is -2.26. The molecule has 8 heteroatoms. The zero-order chi connectivity index (χ0) is 11.4. The van der Waals surface area contributed by atoms with Gasteiger partial charge in [-0.1, -0.05) is 11.8 Å². The van der Waals surface area contributed by atoms with Crippen LogP contribution in [0.4, 0.5) is 0 Å². The van der Waals surface area contributed by atoms with Crippen LogP contribution < -0.4 is 0 Å². The van der Waals surface area contributed by atoms with E-state index in [1.807, 2.05) is 6.26 Å². The Bertz CT molecular complexity index is 363. The molecule has 0 saturated carbocycles. The molecule has 0 aromatic carbocycles. The molecule has 1 amide bonds. The van der Waals surface area contributed by atoms with E-state index in [-0.39, 0.29) is 12.5 Å². The highest BCUT2D eigenvalue weighted by molar-refractivity contribution is 7.98. The number of nitrogens with zero attached hydrogens (tertiary/aromatic N) is 5. The van der Waals surface area contributed by atoms with Crippen LogP contribution in [0.2, 0.25) is 0 Å². The Morgan fingerprint density at radius 1 is 1.50 bits per heavy atom. The van der Waals surface area contributed by atoms with Gasteiger partial charge in [-0.25, -0.2) is 4.68 Å². The Labute approximate surface area is 97.1 Å². The van der Waals surface area contributed by atoms with Crippen LogP contribution >= 0.6 is 11.8 Å². The van der Waals surface area contributed by atoms with Crippen molar-refractivity contribution in [3.8, 4) is 0 Å². The maximum absolute atomic E-state index is 11.9. The summed E-state index contributed by atoms with van der Waals surface area (Å²) in [5, 5.41) is 11.8. The molecule has 88 valence electrons. The van der Waals surface area contributed by atoms with Crippen LogP contribution in [0.1, 0.15) is 0 Å². The second-order valence-corrected chi connectivity index (χ2v) is 4.09. The van der Waals surface area contributed by atoms with Crippen molar-refractivity contribution >= 4 is 17.7 Å². The Hall–Kier alpha value is -1.15. The van der Waals surface area contributed by atoms with Crippen molar-refractivity contribution in [1.82, 2.24) is 25.1 Å². The first-order valence-corrected chi connectivity index (χ1v) is 6.19. The summed E-state index contributed by atoms with van der Waals surface area (Å²) in [5.74, 6) is 0.0332. The minimum atomic E-state index is 0.0332. The largest absolute Gasteiger partial charge is 0.378 e. The van der Waals surface area contributed by atoms with Gasteiger partial charge in [0, 0.05) is 13.1 Å². The van der Waals surface area contributed by atoms with Crippen LogP contribution in [-0.2, 0) is 16.1 Å². The fraction of sp³-hybridized carbons (Fsp3) is 0.750. The molecule has 1 aliphatic heterocycles. The summed E-state index contributed by atoms with van der Waals surface area (Å²) in [7, 11) is 0. The van der Waals surface area contributed by atoms with E-state index in [1.165, 1.54) is 16.4 Å². The minimum absolute atomic E-state index is 0.0332. The summed E-state index contributed by atoms with van der Waals surface area (Å²) in [6.45, 7) is 2.71. The molecule has 1 aromatic rings. The summed E-state index contributed by atoms with van der Waals surface area (Å²) in [6, 6.07) is 0. The molecule has 1 aromatic heterocycles. The standard InChI is InChI=1S/C8H13N5O2S/c1-16-8-9-10-11-13(8)6-7(14)12-2-4-15-5-3-12/h2-6H2,1H3. The van der Waals surface area contributed by atoms with E-state index < -0.39 is 0 Å². The number of morpholine rings is 1. The monoisotopic (exact) mass is 243 g/mol. The Kier molecular flexibility index (Phi) is 3.73. The van der Waals surface area contributed by atoms with Crippen LogP contribution in [0.5, 0.6) is 0 Å². The predicted octanol–water partition coefficient (Wildman–Crippen LogP) is -0.746. The number of carbonyl (C=O) groups is 1. The lowest BCUT2D eigenvalue weighted by Crippen LogP contribution is -2.42. The Morgan fingerprint density at radius 3 is 2.94 bits per heavy atom. The van der Waals surface area contributed by atoms with Crippen LogP contribution in [0.3, 0.4) is 0 Å². The highest BCUT2D eigenvalue weighted by Crippen LogP contribution is 2.09. The fourth-order valence-corrected chi connectivity index (χ4v) is 1.91. The first-order valence-electron chi connectivity index (χ1n) is 4.97. The van der Waals surface area contributed by atoms with Gasteiger partial charge in [-0.3, -0.25) is 4.79 Å². The minimum Gasteiger partial charge on any atom is -0.378 e. The first-order chi connectivity index (χ1) is 7.81. The van der Waals surface area contributed by atoms with Crippen molar-refractivity contribution < 1.29 is 9.53 Å². The SMILES string of the molecule is CSc1nnnn1CC(=O)N1CCOCC1.